The van der Waals surface area contributed by atoms with Crippen LogP contribution in [-0.2, 0) is 29.2 Å². The minimum Gasteiger partial charge on any atom is -0.465 e. The van der Waals surface area contributed by atoms with Gasteiger partial charge in [0.25, 0.3) is 10.1 Å². The second kappa shape index (κ2) is 7.90. The Labute approximate surface area is 167 Å². The fraction of sp³-hybridized carbons (Fsp3) is 0.100. The van der Waals surface area contributed by atoms with Gasteiger partial charge in [-0.15, -0.1) is 0 Å². The molecule has 0 bridgehead atoms. The Hall–Kier alpha value is -3.43. The third-order valence-corrected chi connectivity index (χ3v) is 5.13. The lowest BCUT2D eigenvalue weighted by atomic mass is 10.1. The molecule has 9 heteroatoms. The molecule has 2 aromatic carbocycles. The maximum atomic E-state index is 12.5. The first kappa shape index (κ1) is 20.3. The lowest BCUT2D eigenvalue weighted by molar-refractivity contribution is -0.139. The number of esters is 2. The van der Waals surface area contributed by atoms with Gasteiger partial charge in [0.1, 0.15) is 5.70 Å². The predicted octanol–water partition coefficient (Wildman–Crippen LogP) is 2.58. The van der Waals surface area contributed by atoms with Crippen molar-refractivity contribution in [3.05, 3.63) is 72.1 Å². The predicted molar refractivity (Wildman–Crippen MR) is 106 cm³/mol. The number of hydrogen-bond donors (Lipinski definition) is 1. The van der Waals surface area contributed by atoms with Crippen LogP contribution in [0.3, 0.4) is 0 Å². The highest BCUT2D eigenvalue weighted by molar-refractivity contribution is 7.85. The van der Waals surface area contributed by atoms with E-state index < -0.39 is 22.1 Å². The number of allylic oxidation sites excluding steroid dienone is 2. The lowest BCUT2D eigenvalue weighted by Gasteiger charge is -2.24. The van der Waals surface area contributed by atoms with Gasteiger partial charge in [-0.2, -0.15) is 8.42 Å². The van der Waals surface area contributed by atoms with Crippen LogP contribution in [0.4, 0.5) is 5.69 Å². The topological polar surface area (TPSA) is 110 Å². The molecule has 0 unspecified atom stereocenters. The van der Waals surface area contributed by atoms with Crippen molar-refractivity contribution in [1.29, 1.82) is 0 Å². The molecule has 0 saturated carbocycles. The Bertz CT molecular complexity index is 1190. The molecule has 29 heavy (non-hydrogen) atoms. The average Bonchev–Trinajstić information content (AvgIpc) is 2.94. The Balaban J connectivity index is 2.28. The van der Waals surface area contributed by atoms with Crippen molar-refractivity contribution in [1.82, 2.24) is 0 Å². The minimum absolute atomic E-state index is 0.00379. The molecule has 0 atom stereocenters. The molecule has 0 aliphatic carbocycles. The summed E-state index contributed by atoms with van der Waals surface area (Å²) in [5.74, 6) is -1.47. The van der Waals surface area contributed by atoms with Crippen LogP contribution in [0, 0.1) is 0 Å². The molecule has 8 nitrogen and oxygen atoms in total. The first-order valence-electron chi connectivity index (χ1n) is 8.33. The number of carbonyl (C=O) groups excluding carboxylic acids is 2. The molecule has 3 rings (SSSR count). The van der Waals surface area contributed by atoms with Gasteiger partial charge in [0, 0.05) is 11.6 Å². The fourth-order valence-corrected chi connectivity index (χ4v) is 3.48. The van der Waals surface area contributed by atoms with Gasteiger partial charge in [-0.25, -0.2) is 9.59 Å². The molecule has 0 radical (unpaired) electrons. The van der Waals surface area contributed by atoms with Crippen molar-refractivity contribution in [2.24, 2.45) is 0 Å². The first-order chi connectivity index (χ1) is 13.8. The zero-order chi connectivity index (χ0) is 21.2. The van der Waals surface area contributed by atoms with E-state index in [-0.39, 0.29) is 16.2 Å². The van der Waals surface area contributed by atoms with Crippen LogP contribution in [-0.4, -0.2) is 39.1 Å². The number of benzene rings is 2. The Morgan fingerprint density at radius 1 is 1.00 bits per heavy atom. The maximum Gasteiger partial charge on any atom is 0.355 e. The molecule has 150 valence electrons. The Morgan fingerprint density at radius 2 is 1.72 bits per heavy atom. The van der Waals surface area contributed by atoms with Crippen molar-refractivity contribution in [3.8, 4) is 0 Å². The third-order valence-electron chi connectivity index (χ3n) is 4.28. The summed E-state index contributed by atoms with van der Waals surface area (Å²) in [4.78, 5) is 26.0. The molecule has 1 aliphatic rings. The molecule has 2 aromatic rings. The van der Waals surface area contributed by atoms with Gasteiger partial charge in [0.2, 0.25) is 0 Å². The van der Waals surface area contributed by atoms with Crippen LogP contribution >= 0.6 is 0 Å². The van der Waals surface area contributed by atoms with Crippen molar-refractivity contribution in [2.75, 3.05) is 19.1 Å². The number of hydrogen-bond acceptors (Lipinski definition) is 7. The molecule has 1 aliphatic heterocycles. The largest absolute Gasteiger partial charge is 0.465 e. The summed E-state index contributed by atoms with van der Waals surface area (Å²) in [7, 11) is -1.97. The summed E-state index contributed by atoms with van der Waals surface area (Å²) >= 11 is 0. The maximum absolute atomic E-state index is 12.5. The minimum atomic E-state index is -4.37. The molecule has 0 aromatic heterocycles. The summed E-state index contributed by atoms with van der Waals surface area (Å²) in [5.41, 5.74) is 0.428. The molecule has 0 fully saturated rings. The van der Waals surface area contributed by atoms with Crippen LogP contribution in [0.25, 0.3) is 10.8 Å². The molecule has 1 N–H and O–H groups in total. The zero-order valence-electron chi connectivity index (χ0n) is 15.5. The van der Waals surface area contributed by atoms with Crippen LogP contribution in [0.5, 0.6) is 0 Å². The van der Waals surface area contributed by atoms with Gasteiger partial charge in [-0.05, 0) is 35.7 Å². The van der Waals surface area contributed by atoms with Crippen LogP contribution < -0.4 is 4.90 Å². The quantitative estimate of drug-likeness (QED) is 0.599. The van der Waals surface area contributed by atoms with Crippen molar-refractivity contribution >= 4 is 38.5 Å². The van der Waals surface area contributed by atoms with E-state index in [1.807, 2.05) is 0 Å². The van der Waals surface area contributed by atoms with E-state index in [0.717, 1.165) is 0 Å². The monoisotopic (exact) mass is 415 g/mol. The number of anilines is 1. The molecule has 0 amide bonds. The molecule has 1 heterocycles. The zero-order valence-corrected chi connectivity index (χ0v) is 16.3. The highest BCUT2D eigenvalue weighted by atomic mass is 32.2. The van der Waals surface area contributed by atoms with Crippen LogP contribution in [0.1, 0.15) is 0 Å². The van der Waals surface area contributed by atoms with E-state index in [9.17, 15) is 22.6 Å². The van der Waals surface area contributed by atoms with E-state index in [0.29, 0.717) is 16.5 Å². The standard InChI is InChI=1S/C20H17NO7S/c1-27-19(22)16-7-3-4-11-21(18(16)20(23)28-2)17-8-5-6-13-12-14(29(24,25)26)9-10-15(13)17/h3-12H,1-2H3,(H,24,25,26). The molecule has 0 saturated heterocycles. The van der Waals surface area contributed by atoms with Crippen molar-refractivity contribution < 1.29 is 32.0 Å². The summed E-state index contributed by atoms with van der Waals surface area (Å²) in [5, 5.41) is 1.09. The van der Waals surface area contributed by atoms with Crippen molar-refractivity contribution in [2.45, 2.75) is 4.90 Å². The van der Waals surface area contributed by atoms with Gasteiger partial charge in [-0.1, -0.05) is 24.3 Å². The normalized spacial score (nSPS) is 14.1. The summed E-state index contributed by atoms with van der Waals surface area (Å²) in [6, 6.07) is 9.09. The van der Waals surface area contributed by atoms with Crippen LogP contribution in [0.15, 0.2) is 77.0 Å². The molecule has 0 spiro atoms. The van der Waals surface area contributed by atoms with Gasteiger partial charge >= 0.3 is 11.9 Å². The smallest absolute Gasteiger partial charge is 0.355 e. The number of methoxy groups -OCH3 is 2. The van der Waals surface area contributed by atoms with E-state index in [4.69, 9.17) is 9.47 Å². The van der Waals surface area contributed by atoms with Gasteiger partial charge in [0.15, 0.2) is 0 Å². The van der Waals surface area contributed by atoms with E-state index in [1.165, 1.54) is 43.4 Å². The molecular formula is C20H17NO7S. The first-order valence-corrected chi connectivity index (χ1v) is 9.77. The Kier molecular flexibility index (Phi) is 5.53. The second-order valence-corrected chi connectivity index (χ2v) is 7.37. The highest BCUT2D eigenvalue weighted by Crippen LogP contribution is 2.33. The Morgan fingerprint density at radius 3 is 2.38 bits per heavy atom. The summed E-state index contributed by atoms with van der Waals surface area (Å²) in [6.07, 6.45) is 6.22. The highest BCUT2D eigenvalue weighted by Gasteiger charge is 2.28. The number of ether oxygens (including phenoxy) is 2. The van der Waals surface area contributed by atoms with Crippen molar-refractivity contribution in [3.63, 3.8) is 0 Å². The summed E-state index contributed by atoms with van der Waals surface area (Å²) in [6.45, 7) is 0. The molecular weight excluding hydrogens is 398 g/mol. The van der Waals surface area contributed by atoms with E-state index in [1.54, 1.807) is 36.6 Å². The number of nitrogens with zero attached hydrogens (tertiary/aromatic N) is 1. The third kappa shape index (κ3) is 3.91. The van der Waals surface area contributed by atoms with Gasteiger partial charge in [-0.3, -0.25) is 4.55 Å². The van der Waals surface area contributed by atoms with Crippen LogP contribution in [0.2, 0.25) is 0 Å². The lowest BCUT2D eigenvalue weighted by Crippen LogP contribution is -2.27. The summed E-state index contributed by atoms with van der Waals surface area (Å²) < 4.78 is 41.8. The number of rotatable bonds is 4. The SMILES string of the molecule is COC(=O)C1=C(C(=O)OC)N(c2cccc3cc(S(=O)(=O)O)ccc23)C=CC=C1. The average molecular weight is 415 g/mol. The van der Waals surface area contributed by atoms with E-state index in [2.05, 4.69) is 0 Å². The van der Waals surface area contributed by atoms with Gasteiger partial charge < -0.3 is 14.4 Å². The van der Waals surface area contributed by atoms with Gasteiger partial charge in [0.05, 0.1) is 30.4 Å². The number of fused-ring (bicyclic) bond motifs is 1. The number of carbonyl (C=O) groups is 2. The fourth-order valence-electron chi connectivity index (χ4n) is 2.97. The second-order valence-electron chi connectivity index (χ2n) is 5.95. The van der Waals surface area contributed by atoms with E-state index >= 15 is 0 Å².